The van der Waals surface area contributed by atoms with Gasteiger partial charge in [-0.3, -0.25) is 4.79 Å². The normalized spacial score (nSPS) is 10.1. The zero-order valence-corrected chi connectivity index (χ0v) is 11.5. The molecule has 0 aliphatic heterocycles. The first-order valence-corrected chi connectivity index (χ1v) is 6.30. The lowest BCUT2D eigenvalue weighted by atomic mass is 9.94. The van der Waals surface area contributed by atoms with E-state index in [1.165, 1.54) is 24.3 Å². The number of hydrogen-bond donors (Lipinski definition) is 3. The van der Waals surface area contributed by atoms with Gasteiger partial charge < -0.3 is 15.3 Å². The Bertz CT molecular complexity index is 836. The lowest BCUT2D eigenvalue weighted by Gasteiger charge is -2.08. The number of carboxylic acids is 3. The van der Waals surface area contributed by atoms with Crippen molar-refractivity contribution in [1.29, 1.82) is 0 Å². The summed E-state index contributed by atoms with van der Waals surface area (Å²) in [5.74, 6) is -4.95. The second-order valence-corrected chi connectivity index (χ2v) is 4.55. The molecule has 0 amide bonds. The minimum absolute atomic E-state index is 0.175. The van der Waals surface area contributed by atoms with Gasteiger partial charge >= 0.3 is 17.9 Å². The van der Waals surface area contributed by atoms with Gasteiger partial charge in [0.05, 0.1) is 16.7 Å². The topological polar surface area (TPSA) is 129 Å². The van der Waals surface area contributed by atoms with Crippen LogP contribution in [0.1, 0.15) is 47.0 Å². The number of carboxylic acid groups (broad SMARTS) is 3. The van der Waals surface area contributed by atoms with Gasteiger partial charge in [-0.2, -0.15) is 0 Å². The Labute approximate surface area is 129 Å². The summed E-state index contributed by atoms with van der Waals surface area (Å²) in [6.07, 6.45) is 0. The summed E-state index contributed by atoms with van der Waals surface area (Å²) in [4.78, 5) is 45.9. The highest BCUT2D eigenvalue weighted by molar-refractivity contribution is 6.18. The van der Waals surface area contributed by atoms with E-state index in [2.05, 4.69) is 0 Å². The van der Waals surface area contributed by atoms with Crippen molar-refractivity contribution in [3.05, 3.63) is 70.3 Å². The summed E-state index contributed by atoms with van der Waals surface area (Å²) in [6.45, 7) is 0. The van der Waals surface area contributed by atoms with Crippen LogP contribution in [0.2, 0.25) is 0 Å². The highest BCUT2D eigenvalue weighted by Crippen LogP contribution is 2.20. The van der Waals surface area contributed by atoms with Crippen molar-refractivity contribution in [2.75, 3.05) is 0 Å². The van der Waals surface area contributed by atoms with Crippen LogP contribution < -0.4 is 0 Å². The number of carbonyl (C=O) groups excluding carboxylic acids is 1. The minimum atomic E-state index is -1.48. The highest BCUT2D eigenvalue weighted by Gasteiger charge is 2.23. The van der Waals surface area contributed by atoms with Crippen LogP contribution >= 0.6 is 0 Å². The summed E-state index contributed by atoms with van der Waals surface area (Å²) < 4.78 is 0. The van der Waals surface area contributed by atoms with Gasteiger partial charge in [-0.25, -0.2) is 14.4 Å². The van der Waals surface area contributed by atoms with Crippen molar-refractivity contribution in [1.82, 2.24) is 0 Å². The molecule has 116 valence electrons. The summed E-state index contributed by atoms with van der Waals surface area (Å²) in [7, 11) is 0. The molecule has 0 aliphatic carbocycles. The van der Waals surface area contributed by atoms with E-state index < -0.39 is 29.3 Å². The Morgan fingerprint density at radius 1 is 0.609 bits per heavy atom. The fraction of sp³-hybridized carbons (Fsp3) is 0. The molecule has 2 rings (SSSR count). The Kier molecular flexibility index (Phi) is 4.22. The summed E-state index contributed by atoms with van der Waals surface area (Å²) in [5.41, 5.74) is -1.52. The highest BCUT2D eigenvalue weighted by atomic mass is 16.4. The molecule has 0 atom stereocenters. The van der Waals surface area contributed by atoms with Gasteiger partial charge in [0, 0.05) is 11.1 Å². The molecule has 0 heterocycles. The standard InChI is InChI=1S/C16H10O7/c17-13(9-3-1-2-4-11(9)15(20)21)10-6-5-8(14(18)19)7-12(10)16(22)23/h1-7H,(H,18,19)(H,20,21)(H,22,23). The predicted molar refractivity (Wildman–Crippen MR) is 77.2 cm³/mol. The second kappa shape index (κ2) is 6.10. The lowest BCUT2D eigenvalue weighted by Crippen LogP contribution is -2.14. The molecule has 0 saturated carbocycles. The number of ketones is 1. The van der Waals surface area contributed by atoms with E-state index >= 15 is 0 Å². The predicted octanol–water partition coefficient (Wildman–Crippen LogP) is 2.01. The Hall–Kier alpha value is -3.48. The van der Waals surface area contributed by atoms with Gasteiger partial charge in [-0.15, -0.1) is 0 Å². The number of aromatic carboxylic acids is 3. The van der Waals surface area contributed by atoms with Crippen molar-refractivity contribution in [2.45, 2.75) is 0 Å². The SMILES string of the molecule is O=C(O)c1ccc(C(=O)c2ccccc2C(=O)O)c(C(=O)O)c1. The average molecular weight is 314 g/mol. The Morgan fingerprint density at radius 2 is 1.13 bits per heavy atom. The van der Waals surface area contributed by atoms with Crippen molar-refractivity contribution >= 4 is 23.7 Å². The van der Waals surface area contributed by atoms with E-state index in [0.717, 1.165) is 18.2 Å². The molecule has 23 heavy (non-hydrogen) atoms. The number of benzene rings is 2. The van der Waals surface area contributed by atoms with E-state index in [9.17, 15) is 24.3 Å². The Morgan fingerprint density at radius 3 is 1.65 bits per heavy atom. The number of carbonyl (C=O) groups is 4. The maximum Gasteiger partial charge on any atom is 0.336 e. The van der Waals surface area contributed by atoms with Crippen molar-refractivity contribution in [3.8, 4) is 0 Å². The van der Waals surface area contributed by atoms with E-state index in [1.807, 2.05) is 0 Å². The van der Waals surface area contributed by atoms with Gasteiger partial charge in [0.15, 0.2) is 5.78 Å². The van der Waals surface area contributed by atoms with Crippen LogP contribution in [0.25, 0.3) is 0 Å². The van der Waals surface area contributed by atoms with E-state index in [-0.39, 0.29) is 22.3 Å². The van der Waals surface area contributed by atoms with Gasteiger partial charge in [-0.05, 0) is 24.3 Å². The van der Waals surface area contributed by atoms with Crippen LogP contribution in [0.15, 0.2) is 42.5 Å². The zero-order valence-electron chi connectivity index (χ0n) is 11.5. The quantitative estimate of drug-likeness (QED) is 0.720. The third-order valence-corrected chi connectivity index (χ3v) is 3.14. The van der Waals surface area contributed by atoms with Gasteiger partial charge in [0.2, 0.25) is 0 Å². The van der Waals surface area contributed by atoms with Crippen molar-refractivity contribution in [2.24, 2.45) is 0 Å². The van der Waals surface area contributed by atoms with Gasteiger partial charge in [0.1, 0.15) is 0 Å². The number of rotatable bonds is 5. The first kappa shape index (κ1) is 15.9. The fourth-order valence-corrected chi connectivity index (χ4v) is 2.06. The Balaban J connectivity index is 2.63. The molecule has 0 radical (unpaired) electrons. The molecule has 0 spiro atoms. The summed E-state index contributed by atoms with van der Waals surface area (Å²) >= 11 is 0. The molecule has 2 aromatic rings. The van der Waals surface area contributed by atoms with Crippen LogP contribution in [0, 0.1) is 0 Å². The van der Waals surface area contributed by atoms with Crippen molar-refractivity contribution in [3.63, 3.8) is 0 Å². The molecule has 0 unspecified atom stereocenters. The van der Waals surface area contributed by atoms with E-state index in [0.29, 0.717) is 0 Å². The lowest BCUT2D eigenvalue weighted by molar-refractivity contribution is 0.0682. The fourth-order valence-electron chi connectivity index (χ4n) is 2.06. The van der Waals surface area contributed by atoms with E-state index in [4.69, 9.17) is 10.2 Å². The summed E-state index contributed by atoms with van der Waals surface area (Å²) in [6, 6.07) is 8.39. The number of hydrogen-bond acceptors (Lipinski definition) is 4. The first-order valence-electron chi connectivity index (χ1n) is 6.30. The summed E-state index contributed by atoms with van der Waals surface area (Å²) in [5, 5.41) is 27.2. The van der Waals surface area contributed by atoms with Gasteiger partial charge in [-0.1, -0.05) is 18.2 Å². The smallest absolute Gasteiger partial charge is 0.336 e. The first-order chi connectivity index (χ1) is 10.8. The minimum Gasteiger partial charge on any atom is -0.478 e. The van der Waals surface area contributed by atoms with E-state index in [1.54, 1.807) is 0 Å². The van der Waals surface area contributed by atoms with Crippen molar-refractivity contribution < 1.29 is 34.5 Å². The molecule has 3 N–H and O–H groups in total. The molecule has 7 nitrogen and oxygen atoms in total. The largest absolute Gasteiger partial charge is 0.478 e. The molecule has 0 saturated heterocycles. The third-order valence-electron chi connectivity index (χ3n) is 3.14. The van der Waals surface area contributed by atoms with Crippen LogP contribution in [-0.2, 0) is 0 Å². The molecular weight excluding hydrogens is 304 g/mol. The average Bonchev–Trinajstić information content (AvgIpc) is 2.53. The molecule has 0 aromatic heterocycles. The molecule has 0 fully saturated rings. The third kappa shape index (κ3) is 3.08. The maximum absolute atomic E-state index is 12.5. The zero-order chi connectivity index (χ0) is 17.1. The molecular formula is C16H10O7. The molecule has 0 aliphatic rings. The van der Waals surface area contributed by atoms with Crippen LogP contribution in [-0.4, -0.2) is 39.0 Å². The van der Waals surface area contributed by atoms with Gasteiger partial charge in [0.25, 0.3) is 0 Å². The molecule has 7 heteroatoms. The van der Waals surface area contributed by atoms with Crippen LogP contribution in [0.5, 0.6) is 0 Å². The molecule has 0 bridgehead atoms. The second-order valence-electron chi connectivity index (χ2n) is 4.55. The van der Waals surface area contributed by atoms with Crippen LogP contribution in [0.3, 0.4) is 0 Å². The molecule has 2 aromatic carbocycles. The maximum atomic E-state index is 12.5. The monoisotopic (exact) mass is 314 g/mol. The van der Waals surface area contributed by atoms with Crippen LogP contribution in [0.4, 0.5) is 0 Å².